The molecule has 1 saturated heterocycles. The molecule has 0 unspecified atom stereocenters. The van der Waals surface area contributed by atoms with E-state index >= 15 is 0 Å². The average Bonchev–Trinajstić information content (AvgIpc) is 2.70. The molecule has 0 atom stereocenters. The van der Waals surface area contributed by atoms with Crippen LogP contribution in [0.4, 0.5) is 0 Å². The van der Waals surface area contributed by atoms with Crippen molar-refractivity contribution in [2.45, 2.75) is 50.8 Å². The van der Waals surface area contributed by atoms with Gasteiger partial charge in [-0.25, -0.2) is 8.42 Å². The summed E-state index contributed by atoms with van der Waals surface area (Å²) in [6, 6.07) is 12.6. The van der Waals surface area contributed by atoms with Gasteiger partial charge in [-0.3, -0.25) is 4.79 Å². The fourth-order valence-corrected chi connectivity index (χ4v) is 4.97. The highest BCUT2D eigenvalue weighted by Gasteiger charge is 2.25. The molecular formula is C22H27NO4S. The minimum absolute atomic E-state index is 0.242. The standard InChI is InChI=1S/C22H27NO4S/c1-17-7-6-8-18(2)22(17)27-21(24)14-11-19-9-12-20(13-10-19)28(25,26)23-15-4-3-5-16-23/h6-10,12-13H,3-5,11,14-16H2,1-2H3. The molecule has 1 fully saturated rings. The Morgan fingerprint density at radius 3 is 2.18 bits per heavy atom. The van der Waals surface area contributed by atoms with Gasteiger partial charge in [-0.1, -0.05) is 36.8 Å². The van der Waals surface area contributed by atoms with Crippen molar-refractivity contribution in [2.24, 2.45) is 0 Å². The summed E-state index contributed by atoms with van der Waals surface area (Å²) in [6.45, 7) is 5.01. The van der Waals surface area contributed by atoms with Gasteiger partial charge in [-0.05, 0) is 61.9 Å². The Morgan fingerprint density at radius 1 is 0.964 bits per heavy atom. The third-order valence-corrected chi connectivity index (χ3v) is 7.03. The molecule has 2 aromatic rings. The van der Waals surface area contributed by atoms with Crippen LogP contribution in [0.15, 0.2) is 47.4 Å². The molecule has 2 aromatic carbocycles. The molecule has 1 aliphatic heterocycles. The summed E-state index contributed by atoms with van der Waals surface area (Å²) in [6.07, 6.45) is 3.67. The monoisotopic (exact) mass is 401 g/mol. The Bertz CT molecular complexity index is 909. The number of carbonyl (C=O) groups excluding carboxylic acids is 1. The van der Waals surface area contributed by atoms with Gasteiger partial charge in [-0.2, -0.15) is 4.31 Å². The van der Waals surface area contributed by atoms with E-state index in [1.165, 1.54) is 0 Å². The predicted octanol–water partition coefficient (Wildman–Crippen LogP) is 4.02. The van der Waals surface area contributed by atoms with Crippen molar-refractivity contribution >= 4 is 16.0 Å². The van der Waals surface area contributed by atoms with Crippen LogP contribution >= 0.6 is 0 Å². The molecule has 1 aliphatic rings. The van der Waals surface area contributed by atoms with Crippen LogP contribution in [-0.4, -0.2) is 31.8 Å². The van der Waals surface area contributed by atoms with E-state index in [4.69, 9.17) is 4.74 Å². The molecule has 0 amide bonds. The molecule has 0 radical (unpaired) electrons. The van der Waals surface area contributed by atoms with Crippen molar-refractivity contribution in [2.75, 3.05) is 13.1 Å². The van der Waals surface area contributed by atoms with Crippen LogP contribution in [0.2, 0.25) is 0 Å². The first-order chi connectivity index (χ1) is 13.4. The molecule has 5 nitrogen and oxygen atoms in total. The van der Waals surface area contributed by atoms with Gasteiger partial charge in [0, 0.05) is 19.5 Å². The van der Waals surface area contributed by atoms with E-state index in [1.54, 1.807) is 28.6 Å². The minimum Gasteiger partial charge on any atom is -0.426 e. The van der Waals surface area contributed by atoms with Crippen molar-refractivity contribution in [1.29, 1.82) is 0 Å². The molecule has 0 bridgehead atoms. The van der Waals surface area contributed by atoms with Crippen molar-refractivity contribution in [3.05, 3.63) is 59.2 Å². The summed E-state index contributed by atoms with van der Waals surface area (Å²) in [5.41, 5.74) is 2.78. The smallest absolute Gasteiger partial charge is 0.311 e. The van der Waals surface area contributed by atoms with E-state index in [2.05, 4.69) is 0 Å². The Hall–Kier alpha value is -2.18. The maximum atomic E-state index is 12.7. The van der Waals surface area contributed by atoms with Crippen molar-refractivity contribution in [1.82, 2.24) is 4.31 Å². The van der Waals surface area contributed by atoms with Crippen LogP contribution in [0.5, 0.6) is 5.75 Å². The van der Waals surface area contributed by atoms with Crippen LogP contribution in [0, 0.1) is 13.8 Å². The zero-order valence-corrected chi connectivity index (χ0v) is 17.3. The van der Waals surface area contributed by atoms with Gasteiger partial charge in [-0.15, -0.1) is 0 Å². The molecule has 28 heavy (non-hydrogen) atoms. The van der Waals surface area contributed by atoms with E-state index in [9.17, 15) is 13.2 Å². The van der Waals surface area contributed by atoms with E-state index in [-0.39, 0.29) is 12.4 Å². The van der Waals surface area contributed by atoms with Crippen molar-refractivity contribution < 1.29 is 17.9 Å². The summed E-state index contributed by atoms with van der Waals surface area (Å²) in [7, 11) is -3.42. The highest BCUT2D eigenvalue weighted by atomic mass is 32.2. The summed E-state index contributed by atoms with van der Waals surface area (Å²) in [5.74, 6) is 0.331. The van der Waals surface area contributed by atoms with Gasteiger partial charge in [0.05, 0.1) is 4.90 Å². The van der Waals surface area contributed by atoms with E-state index in [1.807, 2.05) is 32.0 Å². The fraction of sp³-hybridized carbons (Fsp3) is 0.409. The second-order valence-electron chi connectivity index (χ2n) is 7.30. The number of carbonyl (C=O) groups is 1. The molecular weight excluding hydrogens is 374 g/mol. The molecule has 0 saturated carbocycles. The van der Waals surface area contributed by atoms with E-state index in [0.717, 1.165) is 36.0 Å². The van der Waals surface area contributed by atoms with Gasteiger partial charge in [0.15, 0.2) is 0 Å². The number of sulfonamides is 1. The number of hydrogen-bond donors (Lipinski definition) is 0. The Labute approximate surface area is 167 Å². The Morgan fingerprint density at radius 2 is 1.57 bits per heavy atom. The molecule has 0 aliphatic carbocycles. The number of para-hydroxylation sites is 1. The van der Waals surface area contributed by atoms with Gasteiger partial charge in [0.1, 0.15) is 5.75 Å². The first-order valence-electron chi connectivity index (χ1n) is 9.74. The quantitative estimate of drug-likeness (QED) is 0.542. The van der Waals surface area contributed by atoms with Gasteiger partial charge < -0.3 is 4.74 Å². The summed E-state index contributed by atoms with van der Waals surface area (Å²) < 4.78 is 32.4. The lowest BCUT2D eigenvalue weighted by Crippen LogP contribution is -2.35. The molecule has 0 aromatic heterocycles. The highest BCUT2D eigenvalue weighted by Crippen LogP contribution is 2.24. The van der Waals surface area contributed by atoms with Crippen LogP contribution in [0.25, 0.3) is 0 Å². The topological polar surface area (TPSA) is 63.7 Å². The number of ether oxygens (including phenoxy) is 1. The molecule has 1 heterocycles. The zero-order valence-electron chi connectivity index (χ0n) is 16.5. The second kappa shape index (κ2) is 8.88. The average molecular weight is 402 g/mol. The SMILES string of the molecule is Cc1cccc(C)c1OC(=O)CCc1ccc(S(=O)(=O)N2CCCCC2)cc1. The lowest BCUT2D eigenvalue weighted by molar-refractivity contribution is -0.134. The van der Waals surface area contributed by atoms with E-state index in [0.29, 0.717) is 30.2 Å². The third kappa shape index (κ3) is 4.80. The number of aryl methyl sites for hydroxylation is 3. The number of nitrogens with zero attached hydrogens (tertiary/aromatic N) is 1. The maximum absolute atomic E-state index is 12.7. The Kier molecular flexibility index (Phi) is 6.52. The molecule has 150 valence electrons. The van der Waals surface area contributed by atoms with Gasteiger partial charge in [0.25, 0.3) is 0 Å². The third-order valence-electron chi connectivity index (χ3n) is 5.12. The first-order valence-corrected chi connectivity index (χ1v) is 11.2. The summed E-state index contributed by atoms with van der Waals surface area (Å²) in [4.78, 5) is 12.5. The lowest BCUT2D eigenvalue weighted by atomic mass is 10.1. The largest absolute Gasteiger partial charge is 0.426 e. The van der Waals surface area contributed by atoms with Crippen LogP contribution in [-0.2, 0) is 21.2 Å². The fourth-order valence-electron chi connectivity index (χ4n) is 3.45. The zero-order chi connectivity index (χ0) is 20.1. The van der Waals surface area contributed by atoms with E-state index < -0.39 is 10.0 Å². The molecule has 0 spiro atoms. The number of hydrogen-bond acceptors (Lipinski definition) is 4. The van der Waals surface area contributed by atoms with Gasteiger partial charge in [0.2, 0.25) is 10.0 Å². The maximum Gasteiger partial charge on any atom is 0.311 e. The highest BCUT2D eigenvalue weighted by molar-refractivity contribution is 7.89. The summed E-state index contributed by atoms with van der Waals surface area (Å²) >= 11 is 0. The number of benzene rings is 2. The minimum atomic E-state index is -3.42. The van der Waals surface area contributed by atoms with Crippen molar-refractivity contribution in [3.63, 3.8) is 0 Å². The van der Waals surface area contributed by atoms with Crippen LogP contribution in [0.1, 0.15) is 42.4 Å². The normalized spacial score (nSPS) is 15.4. The van der Waals surface area contributed by atoms with Gasteiger partial charge >= 0.3 is 5.97 Å². The molecule has 6 heteroatoms. The number of esters is 1. The summed E-state index contributed by atoms with van der Waals surface area (Å²) in [5, 5.41) is 0. The number of piperidine rings is 1. The second-order valence-corrected chi connectivity index (χ2v) is 9.24. The first kappa shape index (κ1) is 20.6. The van der Waals surface area contributed by atoms with Crippen LogP contribution in [0.3, 0.4) is 0 Å². The van der Waals surface area contributed by atoms with Crippen LogP contribution < -0.4 is 4.74 Å². The van der Waals surface area contributed by atoms with Crippen molar-refractivity contribution in [3.8, 4) is 5.75 Å². The Balaban J connectivity index is 1.59. The number of rotatable bonds is 6. The lowest BCUT2D eigenvalue weighted by Gasteiger charge is -2.25. The molecule has 0 N–H and O–H groups in total. The molecule has 3 rings (SSSR count). The predicted molar refractivity (Wildman–Crippen MR) is 109 cm³/mol.